The minimum Gasteiger partial charge on any atom is -0.427 e. The van der Waals surface area contributed by atoms with Gasteiger partial charge in [0, 0.05) is 47.5 Å². The number of benzene rings is 2. The van der Waals surface area contributed by atoms with E-state index < -0.39 is 23.2 Å². The quantitative estimate of drug-likeness (QED) is 0.138. The average molecular weight is 587 g/mol. The van der Waals surface area contributed by atoms with Crippen LogP contribution in [0.1, 0.15) is 23.9 Å². The third kappa shape index (κ3) is 5.55. The molecule has 0 fully saturated rings. The van der Waals surface area contributed by atoms with Gasteiger partial charge in [-0.05, 0) is 36.4 Å². The van der Waals surface area contributed by atoms with Gasteiger partial charge >= 0.3 is 23.2 Å². The Bertz CT molecular complexity index is 1950. The van der Waals surface area contributed by atoms with Crippen LogP contribution in [0, 0.1) is 0 Å². The van der Waals surface area contributed by atoms with E-state index in [1.165, 1.54) is 48.7 Å². The maximum absolute atomic E-state index is 12.7. The lowest BCUT2D eigenvalue weighted by molar-refractivity contribution is -0.132. The van der Waals surface area contributed by atoms with Crippen molar-refractivity contribution in [3.05, 3.63) is 90.1 Å². The highest BCUT2D eigenvalue weighted by Crippen LogP contribution is 2.29. The fourth-order valence-electron chi connectivity index (χ4n) is 4.16. The minimum absolute atomic E-state index is 0.287. The summed E-state index contributed by atoms with van der Waals surface area (Å²) in [4.78, 5) is 57.0. The molecule has 0 spiro atoms. The second-order valence-electron chi connectivity index (χ2n) is 8.91. The SMILES string of the molecule is CC(=O)Oc1ccc2cc(-c3csc(Cc4nc(-c5cc6ccc(OC(C)=O)cc6oc5=O)cs4)n3)c(=O)oc2c1. The van der Waals surface area contributed by atoms with Crippen LogP contribution in [-0.2, 0) is 16.0 Å². The number of nitrogens with zero attached hydrogens (tertiary/aromatic N) is 2. The lowest BCUT2D eigenvalue weighted by atomic mass is 10.1. The van der Waals surface area contributed by atoms with Crippen molar-refractivity contribution in [2.45, 2.75) is 20.3 Å². The summed E-state index contributed by atoms with van der Waals surface area (Å²) in [7, 11) is 0. The second-order valence-corrected chi connectivity index (χ2v) is 10.8. The lowest BCUT2D eigenvalue weighted by Gasteiger charge is -2.03. The summed E-state index contributed by atoms with van der Waals surface area (Å²) in [6.07, 6.45) is 0.407. The van der Waals surface area contributed by atoms with Gasteiger partial charge in [0.25, 0.3) is 0 Å². The minimum atomic E-state index is -0.561. The summed E-state index contributed by atoms with van der Waals surface area (Å²) in [5.74, 6) is -0.367. The zero-order chi connectivity index (χ0) is 28.7. The Morgan fingerprint density at radius 3 is 1.56 bits per heavy atom. The van der Waals surface area contributed by atoms with Crippen LogP contribution in [0.4, 0.5) is 0 Å². The summed E-state index contributed by atoms with van der Waals surface area (Å²) >= 11 is 2.76. The Hall–Kier alpha value is -4.94. The first-order chi connectivity index (χ1) is 19.7. The molecule has 0 saturated carbocycles. The van der Waals surface area contributed by atoms with Crippen LogP contribution in [0.25, 0.3) is 44.5 Å². The maximum atomic E-state index is 12.7. The van der Waals surface area contributed by atoms with Crippen molar-refractivity contribution < 1.29 is 27.9 Å². The smallest absolute Gasteiger partial charge is 0.345 e. The van der Waals surface area contributed by atoms with Crippen LogP contribution in [0.5, 0.6) is 11.5 Å². The molecule has 0 amide bonds. The van der Waals surface area contributed by atoms with Crippen LogP contribution in [0.15, 0.2) is 77.7 Å². The third-order valence-electron chi connectivity index (χ3n) is 5.90. The van der Waals surface area contributed by atoms with E-state index in [0.717, 1.165) is 10.0 Å². The Balaban J connectivity index is 1.23. The number of hydrogen-bond donors (Lipinski definition) is 0. The molecule has 12 heteroatoms. The summed E-state index contributed by atoms with van der Waals surface area (Å²) in [5, 5.41) is 6.33. The molecular weight excluding hydrogens is 568 g/mol. The summed E-state index contributed by atoms with van der Waals surface area (Å²) < 4.78 is 21.0. The van der Waals surface area contributed by atoms with Crippen LogP contribution in [-0.4, -0.2) is 21.9 Å². The predicted octanol–water partition coefficient (Wildman–Crippen LogP) is 5.59. The first-order valence-corrected chi connectivity index (χ1v) is 13.9. The number of carbonyl (C=O) groups is 2. The van der Waals surface area contributed by atoms with Crippen molar-refractivity contribution in [2.24, 2.45) is 0 Å². The topological polar surface area (TPSA) is 139 Å². The van der Waals surface area contributed by atoms with E-state index in [4.69, 9.17) is 18.3 Å². The molecule has 0 aliphatic heterocycles. The van der Waals surface area contributed by atoms with Crippen molar-refractivity contribution in [2.75, 3.05) is 0 Å². The van der Waals surface area contributed by atoms with Crippen molar-refractivity contribution >= 4 is 56.6 Å². The number of hydrogen-bond acceptors (Lipinski definition) is 12. The molecule has 0 bridgehead atoms. The fraction of sp³-hybridized carbons (Fsp3) is 0.103. The summed E-state index contributed by atoms with van der Waals surface area (Å²) in [5.41, 5.74) is 1.05. The highest BCUT2D eigenvalue weighted by molar-refractivity contribution is 7.11. The molecule has 6 aromatic rings. The molecule has 204 valence electrons. The number of thiazole rings is 2. The molecule has 0 atom stereocenters. The van der Waals surface area contributed by atoms with Crippen LogP contribution in [0.2, 0.25) is 0 Å². The van der Waals surface area contributed by atoms with Gasteiger partial charge in [-0.2, -0.15) is 0 Å². The lowest BCUT2D eigenvalue weighted by Crippen LogP contribution is -2.04. The van der Waals surface area contributed by atoms with E-state index >= 15 is 0 Å². The van der Waals surface area contributed by atoms with Crippen molar-refractivity contribution in [1.82, 2.24) is 9.97 Å². The van der Waals surface area contributed by atoms with Gasteiger partial charge in [0.1, 0.15) is 32.7 Å². The normalized spacial score (nSPS) is 11.2. The van der Waals surface area contributed by atoms with Gasteiger partial charge in [-0.1, -0.05) is 0 Å². The number of fused-ring (bicyclic) bond motifs is 2. The number of carbonyl (C=O) groups excluding carboxylic acids is 2. The van der Waals surface area contributed by atoms with E-state index in [2.05, 4.69) is 9.97 Å². The number of rotatable bonds is 6. The molecule has 2 aromatic carbocycles. The van der Waals surface area contributed by atoms with Gasteiger partial charge < -0.3 is 18.3 Å². The zero-order valence-electron chi connectivity index (χ0n) is 21.5. The molecule has 0 unspecified atom stereocenters. The second kappa shape index (κ2) is 10.6. The summed E-state index contributed by atoms with van der Waals surface area (Å²) in [6.45, 7) is 2.58. The highest BCUT2D eigenvalue weighted by Gasteiger charge is 2.16. The first kappa shape index (κ1) is 26.3. The Labute approximate surface area is 238 Å². The van der Waals surface area contributed by atoms with Crippen molar-refractivity contribution in [3.63, 3.8) is 0 Å². The van der Waals surface area contributed by atoms with Gasteiger partial charge in [0.15, 0.2) is 0 Å². The Kier molecular flexibility index (Phi) is 6.77. The van der Waals surface area contributed by atoms with Crippen molar-refractivity contribution in [1.29, 1.82) is 0 Å². The van der Waals surface area contributed by atoms with E-state index in [1.54, 1.807) is 47.2 Å². The standard InChI is InChI=1S/C29H18N2O8S2/c1-14(32)36-18-5-3-16-7-20(28(34)38-24(16)9-18)22-12-40-26(30-22)11-27-31-23(13-41-27)21-8-17-4-6-19(37-15(2)33)10-25(17)39-29(21)35/h3-10,12-13H,11H2,1-2H3. The molecular formula is C29H18N2O8S2. The number of esters is 2. The van der Waals surface area contributed by atoms with Crippen molar-refractivity contribution in [3.8, 4) is 34.0 Å². The van der Waals surface area contributed by atoms with Gasteiger partial charge in [0.05, 0.1) is 28.9 Å². The third-order valence-corrected chi connectivity index (χ3v) is 7.59. The number of ether oxygens (including phenoxy) is 2. The Morgan fingerprint density at radius 1 is 0.707 bits per heavy atom. The highest BCUT2D eigenvalue weighted by atomic mass is 32.1. The van der Waals surface area contributed by atoms with E-state index in [1.807, 2.05) is 0 Å². The fourth-order valence-corrected chi connectivity index (χ4v) is 5.85. The van der Waals surface area contributed by atoms with E-state index in [-0.39, 0.29) is 11.5 Å². The molecule has 6 rings (SSSR count). The predicted molar refractivity (Wildman–Crippen MR) is 153 cm³/mol. The van der Waals surface area contributed by atoms with Gasteiger partial charge in [-0.25, -0.2) is 19.6 Å². The molecule has 10 nitrogen and oxygen atoms in total. The monoisotopic (exact) mass is 586 g/mol. The molecule has 0 radical (unpaired) electrons. The van der Waals surface area contributed by atoms with Gasteiger partial charge in [0.2, 0.25) is 0 Å². The molecule has 0 saturated heterocycles. The Morgan fingerprint density at radius 2 is 1.15 bits per heavy atom. The van der Waals surface area contributed by atoms with Gasteiger partial charge in [-0.3, -0.25) is 9.59 Å². The molecule has 4 heterocycles. The van der Waals surface area contributed by atoms with E-state index in [0.29, 0.717) is 50.9 Å². The summed E-state index contributed by atoms with van der Waals surface area (Å²) in [6, 6.07) is 13.0. The van der Waals surface area contributed by atoms with Gasteiger partial charge in [-0.15, -0.1) is 22.7 Å². The average Bonchev–Trinajstić information content (AvgIpc) is 3.57. The molecule has 41 heavy (non-hydrogen) atoms. The zero-order valence-corrected chi connectivity index (χ0v) is 23.1. The van der Waals surface area contributed by atoms with Crippen LogP contribution in [0.3, 0.4) is 0 Å². The largest absolute Gasteiger partial charge is 0.427 e. The van der Waals surface area contributed by atoms with Crippen LogP contribution >= 0.6 is 22.7 Å². The maximum Gasteiger partial charge on any atom is 0.345 e. The van der Waals surface area contributed by atoms with E-state index in [9.17, 15) is 19.2 Å². The number of aromatic nitrogens is 2. The van der Waals surface area contributed by atoms with Crippen LogP contribution < -0.4 is 20.7 Å². The molecule has 0 N–H and O–H groups in total. The molecule has 0 aliphatic carbocycles. The molecule has 0 aliphatic rings. The molecule has 4 aromatic heterocycles. The first-order valence-electron chi connectivity index (χ1n) is 12.1.